The number of nitrogens with one attached hydrogen (secondary N) is 1. The maximum atomic E-state index is 11.5. The number of hydrogen-bond donors (Lipinski definition) is 2. The standard InChI is InChI=1S/C10H18NO6P/c1-3-16-9(13)8(5-6-18(15)7-12)11-10(14)17-4-2/h5,12,18H,3-4,6-7H2,1-2H3,(H,11,14)/b8-5-. The van der Waals surface area contributed by atoms with Crippen molar-refractivity contribution < 1.29 is 28.7 Å². The molecule has 1 amide bonds. The Morgan fingerprint density at radius 3 is 2.39 bits per heavy atom. The number of amides is 1. The van der Waals surface area contributed by atoms with Crippen LogP contribution in [0.1, 0.15) is 13.8 Å². The lowest BCUT2D eigenvalue weighted by Crippen LogP contribution is -2.29. The average molecular weight is 279 g/mol. The van der Waals surface area contributed by atoms with E-state index in [1.165, 1.54) is 6.08 Å². The molecule has 0 aromatic rings. The fraction of sp³-hybridized carbons (Fsp3) is 0.600. The number of alkyl carbamates (subject to hydrolysis) is 1. The molecule has 0 aliphatic heterocycles. The number of allylic oxidation sites excluding steroid dienone is 1. The Balaban J connectivity index is 4.65. The molecule has 0 aliphatic carbocycles. The van der Waals surface area contributed by atoms with E-state index in [0.717, 1.165) is 0 Å². The molecule has 104 valence electrons. The number of aliphatic hydroxyl groups excluding tert-OH is 1. The summed E-state index contributed by atoms with van der Waals surface area (Å²) in [6.45, 7) is 3.55. The van der Waals surface area contributed by atoms with Gasteiger partial charge in [0.05, 0.1) is 19.6 Å². The Morgan fingerprint density at radius 1 is 1.28 bits per heavy atom. The minimum atomic E-state index is -2.19. The molecule has 0 saturated heterocycles. The number of esters is 1. The first-order valence-electron chi connectivity index (χ1n) is 5.48. The molecule has 0 saturated carbocycles. The number of ether oxygens (including phenoxy) is 2. The van der Waals surface area contributed by atoms with Crippen molar-refractivity contribution >= 4 is 19.9 Å². The van der Waals surface area contributed by atoms with Crippen LogP contribution in [-0.4, -0.2) is 42.9 Å². The molecule has 0 aromatic heterocycles. The van der Waals surface area contributed by atoms with Crippen molar-refractivity contribution in [2.24, 2.45) is 0 Å². The Morgan fingerprint density at radius 2 is 1.89 bits per heavy atom. The lowest BCUT2D eigenvalue weighted by molar-refractivity contribution is -0.138. The van der Waals surface area contributed by atoms with E-state index in [-0.39, 0.29) is 25.1 Å². The molecule has 1 unspecified atom stereocenters. The number of carbonyl (C=O) groups is 2. The van der Waals surface area contributed by atoms with Crippen LogP contribution in [0.5, 0.6) is 0 Å². The highest BCUT2D eigenvalue weighted by molar-refractivity contribution is 7.44. The summed E-state index contributed by atoms with van der Waals surface area (Å²) in [6, 6.07) is 0. The molecular formula is C10H18NO6P. The zero-order valence-electron chi connectivity index (χ0n) is 10.4. The SMILES string of the molecule is CCOC(=O)N/C(=C\C[PH](=O)CO)C(=O)OCC. The second-order valence-electron chi connectivity index (χ2n) is 3.08. The Bertz CT molecular complexity index is 341. The zero-order valence-corrected chi connectivity index (χ0v) is 11.4. The van der Waals surface area contributed by atoms with Crippen LogP contribution in [0.25, 0.3) is 0 Å². The van der Waals surface area contributed by atoms with Crippen LogP contribution in [0.15, 0.2) is 11.8 Å². The molecule has 2 N–H and O–H groups in total. The van der Waals surface area contributed by atoms with Gasteiger partial charge in [-0.2, -0.15) is 0 Å². The summed E-state index contributed by atoms with van der Waals surface area (Å²) < 4.78 is 20.4. The first-order valence-corrected chi connectivity index (χ1v) is 7.30. The molecule has 0 heterocycles. The van der Waals surface area contributed by atoms with E-state index in [2.05, 4.69) is 10.1 Å². The lowest BCUT2D eigenvalue weighted by Gasteiger charge is -2.08. The molecule has 0 radical (unpaired) electrons. The van der Waals surface area contributed by atoms with Gasteiger partial charge < -0.3 is 19.1 Å². The van der Waals surface area contributed by atoms with E-state index in [9.17, 15) is 14.2 Å². The molecule has 0 rings (SSSR count). The number of aliphatic hydroxyl groups is 1. The fourth-order valence-corrected chi connectivity index (χ4v) is 1.51. The van der Waals surface area contributed by atoms with Crippen molar-refractivity contribution in [1.82, 2.24) is 5.32 Å². The van der Waals surface area contributed by atoms with Gasteiger partial charge in [0.25, 0.3) is 0 Å². The monoisotopic (exact) mass is 279 g/mol. The van der Waals surface area contributed by atoms with E-state index in [4.69, 9.17) is 9.84 Å². The second kappa shape index (κ2) is 9.67. The maximum absolute atomic E-state index is 11.5. The summed E-state index contributed by atoms with van der Waals surface area (Å²) in [6.07, 6.45) is 0.0191. The number of carbonyl (C=O) groups excluding carboxylic acids is 2. The van der Waals surface area contributed by atoms with Gasteiger partial charge in [0.2, 0.25) is 0 Å². The van der Waals surface area contributed by atoms with E-state index < -0.39 is 26.2 Å². The molecule has 18 heavy (non-hydrogen) atoms. The van der Waals surface area contributed by atoms with E-state index in [1.54, 1.807) is 13.8 Å². The van der Waals surface area contributed by atoms with Crippen molar-refractivity contribution in [2.45, 2.75) is 13.8 Å². The van der Waals surface area contributed by atoms with Crippen molar-refractivity contribution in [2.75, 3.05) is 25.7 Å². The van der Waals surface area contributed by atoms with Gasteiger partial charge in [-0.05, 0) is 19.9 Å². The summed E-state index contributed by atoms with van der Waals surface area (Å²) in [5.74, 6) is -0.738. The molecule has 0 fully saturated rings. The predicted molar refractivity (Wildman–Crippen MR) is 65.8 cm³/mol. The third-order valence-corrected chi connectivity index (χ3v) is 2.73. The molecule has 0 aliphatic rings. The van der Waals surface area contributed by atoms with E-state index >= 15 is 0 Å². The number of rotatable bonds is 7. The van der Waals surface area contributed by atoms with Crippen LogP contribution in [0.3, 0.4) is 0 Å². The third-order valence-electron chi connectivity index (χ3n) is 1.72. The second-order valence-corrected chi connectivity index (χ2v) is 4.89. The molecular weight excluding hydrogens is 261 g/mol. The van der Waals surface area contributed by atoms with Gasteiger partial charge in [-0.15, -0.1) is 0 Å². The van der Waals surface area contributed by atoms with Crippen molar-refractivity contribution in [3.63, 3.8) is 0 Å². The van der Waals surface area contributed by atoms with Crippen molar-refractivity contribution in [1.29, 1.82) is 0 Å². The first kappa shape index (κ1) is 16.7. The predicted octanol–water partition coefficient (Wildman–Crippen LogP) is 0.689. The van der Waals surface area contributed by atoms with Gasteiger partial charge in [0, 0.05) is 6.16 Å². The van der Waals surface area contributed by atoms with Gasteiger partial charge in [-0.1, -0.05) is 0 Å². The average Bonchev–Trinajstić information content (AvgIpc) is 2.34. The summed E-state index contributed by atoms with van der Waals surface area (Å²) in [5, 5.41) is 10.8. The van der Waals surface area contributed by atoms with Gasteiger partial charge >= 0.3 is 12.1 Å². The minimum Gasteiger partial charge on any atom is -0.461 e. The molecule has 7 nitrogen and oxygen atoms in total. The molecule has 0 spiro atoms. The lowest BCUT2D eigenvalue weighted by atomic mass is 10.4. The summed E-state index contributed by atoms with van der Waals surface area (Å²) in [7, 11) is -2.19. The van der Waals surface area contributed by atoms with Gasteiger partial charge in [0.15, 0.2) is 0 Å². The smallest absolute Gasteiger partial charge is 0.411 e. The quantitative estimate of drug-likeness (QED) is 0.404. The first-order chi connectivity index (χ1) is 8.54. The topological polar surface area (TPSA) is 102 Å². The minimum absolute atomic E-state index is 0.00171. The van der Waals surface area contributed by atoms with Gasteiger partial charge in [-0.3, -0.25) is 5.32 Å². The third kappa shape index (κ3) is 7.09. The number of hydrogen-bond acceptors (Lipinski definition) is 6. The maximum Gasteiger partial charge on any atom is 0.411 e. The van der Waals surface area contributed by atoms with Crippen molar-refractivity contribution in [3.8, 4) is 0 Å². The largest absolute Gasteiger partial charge is 0.461 e. The highest BCUT2D eigenvalue weighted by Crippen LogP contribution is 2.18. The van der Waals surface area contributed by atoms with Gasteiger partial charge in [0.1, 0.15) is 13.5 Å². The Labute approximate surface area is 106 Å². The molecule has 1 atom stereocenters. The summed E-state index contributed by atoms with van der Waals surface area (Å²) in [5.41, 5.74) is -0.137. The van der Waals surface area contributed by atoms with Crippen LogP contribution in [0.4, 0.5) is 4.79 Å². The van der Waals surface area contributed by atoms with Crippen LogP contribution in [-0.2, 0) is 18.8 Å². The van der Waals surface area contributed by atoms with Crippen LogP contribution in [0.2, 0.25) is 0 Å². The van der Waals surface area contributed by atoms with Crippen LogP contribution < -0.4 is 5.32 Å². The van der Waals surface area contributed by atoms with Crippen LogP contribution >= 0.6 is 7.80 Å². The fourth-order valence-electron chi connectivity index (χ4n) is 0.952. The van der Waals surface area contributed by atoms with E-state index in [0.29, 0.717) is 0 Å². The van der Waals surface area contributed by atoms with Crippen LogP contribution in [0, 0.1) is 0 Å². The van der Waals surface area contributed by atoms with Gasteiger partial charge in [-0.25, -0.2) is 9.59 Å². The van der Waals surface area contributed by atoms with E-state index in [1.807, 2.05) is 0 Å². The normalized spacial score (nSPS) is 12.7. The Kier molecular flexibility index (Phi) is 8.96. The summed E-state index contributed by atoms with van der Waals surface area (Å²) in [4.78, 5) is 22.6. The van der Waals surface area contributed by atoms with Crippen molar-refractivity contribution in [3.05, 3.63) is 11.8 Å². The Hall–Kier alpha value is -1.33. The highest BCUT2D eigenvalue weighted by Gasteiger charge is 2.14. The molecule has 8 heteroatoms. The zero-order chi connectivity index (χ0) is 14.0. The summed E-state index contributed by atoms with van der Waals surface area (Å²) >= 11 is 0. The highest BCUT2D eigenvalue weighted by atomic mass is 31.1. The molecule has 0 aromatic carbocycles. The molecule has 0 bridgehead atoms.